The van der Waals surface area contributed by atoms with Gasteiger partial charge < -0.3 is 14.8 Å². The molecule has 0 saturated carbocycles. The molecule has 1 aliphatic heterocycles. The number of carbonyl (C=O) groups excluding carboxylic acids is 3. The number of hydrogen-bond acceptors (Lipinski definition) is 6. The number of amides is 3. The van der Waals surface area contributed by atoms with Gasteiger partial charge in [0.2, 0.25) is 5.91 Å². The van der Waals surface area contributed by atoms with Crippen LogP contribution in [0.3, 0.4) is 0 Å². The van der Waals surface area contributed by atoms with Crippen molar-refractivity contribution < 1.29 is 23.9 Å². The standard InChI is InChI=1S/C28H24ClIN2O5S/c1-16-5-4-6-22(17(16)2)31-25(33)14-32-27(34)24(38-28(32)35)13-19-11-21(30)26(23(12-19)36-3)37-15-18-7-9-20(29)10-8-18/h4-13H,14-15H2,1-3H3,(H,31,33)/b24-13+. The first-order valence-electron chi connectivity index (χ1n) is 11.5. The van der Waals surface area contributed by atoms with E-state index in [0.29, 0.717) is 34.4 Å². The monoisotopic (exact) mass is 662 g/mol. The molecule has 0 atom stereocenters. The van der Waals surface area contributed by atoms with E-state index in [2.05, 4.69) is 27.9 Å². The Kier molecular flexibility index (Phi) is 9.01. The first-order chi connectivity index (χ1) is 18.2. The highest BCUT2D eigenvalue weighted by Crippen LogP contribution is 2.37. The Morgan fingerprint density at radius 1 is 1.13 bits per heavy atom. The van der Waals surface area contributed by atoms with Crippen LogP contribution in [0.15, 0.2) is 59.5 Å². The minimum Gasteiger partial charge on any atom is -0.493 e. The molecule has 7 nitrogen and oxygen atoms in total. The minimum atomic E-state index is -0.520. The lowest BCUT2D eigenvalue weighted by Gasteiger charge is -2.14. The molecule has 0 radical (unpaired) electrons. The van der Waals surface area contributed by atoms with Gasteiger partial charge in [-0.3, -0.25) is 19.3 Å². The average molecular weight is 663 g/mol. The fourth-order valence-electron chi connectivity index (χ4n) is 3.71. The average Bonchev–Trinajstić information content (AvgIpc) is 3.14. The molecule has 1 aliphatic rings. The molecule has 3 aromatic carbocycles. The first kappa shape index (κ1) is 28.0. The topological polar surface area (TPSA) is 84.9 Å². The third-order valence-electron chi connectivity index (χ3n) is 5.90. The number of hydrogen-bond donors (Lipinski definition) is 1. The van der Waals surface area contributed by atoms with Gasteiger partial charge in [0.25, 0.3) is 11.1 Å². The van der Waals surface area contributed by atoms with Crippen molar-refractivity contribution in [3.63, 3.8) is 0 Å². The molecule has 1 N–H and O–H groups in total. The van der Waals surface area contributed by atoms with Gasteiger partial charge in [0.05, 0.1) is 15.6 Å². The van der Waals surface area contributed by atoms with Crippen molar-refractivity contribution in [3.8, 4) is 11.5 Å². The van der Waals surface area contributed by atoms with Crippen LogP contribution in [0.25, 0.3) is 6.08 Å². The van der Waals surface area contributed by atoms with Crippen molar-refractivity contribution in [1.29, 1.82) is 0 Å². The minimum absolute atomic E-state index is 0.224. The zero-order valence-corrected chi connectivity index (χ0v) is 24.6. The van der Waals surface area contributed by atoms with Gasteiger partial charge >= 0.3 is 0 Å². The number of ether oxygens (including phenoxy) is 2. The highest BCUT2D eigenvalue weighted by Gasteiger charge is 2.36. The van der Waals surface area contributed by atoms with E-state index in [9.17, 15) is 14.4 Å². The zero-order valence-electron chi connectivity index (χ0n) is 20.8. The van der Waals surface area contributed by atoms with E-state index in [4.69, 9.17) is 21.1 Å². The number of nitrogens with zero attached hydrogens (tertiary/aromatic N) is 1. The van der Waals surface area contributed by atoms with Gasteiger partial charge in [-0.25, -0.2) is 0 Å². The number of anilines is 1. The fraction of sp³-hybridized carbons (Fsp3) is 0.179. The molecular formula is C28H24ClIN2O5S. The molecule has 4 rings (SSSR count). The number of imide groups is 1. The number of nitrogens with one attached hydrogen (secondary N) is 1. The second-order valence-corrected chi connectivity index (χ2v) is 11.1. The van der Waals surface area contributed by atoms with E-state index < -0.39 is 17.1 Å². The summed E-state index contributed by atoms with van der Waals surface area (Å²) in [5.41, 5.74) is 4.22. The molecule has 196 valence electrons. The van der Waals surface area contributed by atoms with Crippen LogP contribution >= 0.6 is 46.0 Å². The van der Waals surface area contributed by atoms with Crippen molar-refractivity contribution in [3.05, 3.63) is 90.3 Å². The normalized spacial score (nSPS) is 14.2. The van der Waals surface area contributed by atoms with Crippen LogP contribution in [0.2, 0.25) is 5.02 Å². The number of methoxy groups -OCH3 is 1. The molecule has 0 bridgehead atoms. The molecule has 0 aromatic heterocycles. The third-order valence-corrected chi connectivity index (χ3v) is 7.86. The molecule has 1 heterocycles. The molecule has 10 heteroatoms. The summed E-state index contributed by atoms with van der Waals surface area (Å²) < 4.78 is 12.3. The van der Waals surface area contributed by atoms with E-state index in [-0.39, 0.29) is 11.4 Å². The Morgan fingerprint density at radius 2 is 1.87 bits per heavy atom. The lowest BCUT2D eigenvalue weighted by molar-refractivity contribution is -0.127. The van der Waals surface area contributed by atoms with Gasteiger partial charge in [0.1, 0.15) is 13.2 Å². The third kappa shape index (κ3) is 6.51. The largest absolute Gasteiger partial charge is 0.493 e. The van der Waals surface area contributed by atoms with Gasteiger partial charge in [-0.15, -0.1) is 0 Å². The molecule has 1 fully saturated rings. The zero-order chi connectivity index (χ0) is 27.4. The summed E-state index contributed by atoms with van der Waals surface area (Å²) in [5.74, 6) is 0.0921. The van der Waals surface area contributed by atoms with E-state index in [1.165, 1.54) is 7.11 Å². The van der Waals surface area contributed by atoms with E-state index in [1.54, 1.807) is 30.3 Å². The van der Waals surface area contributed by atoms with Crippen molar-refractivity contribution in [1.82, 2.24) is 4.90 Å². The van der Waals surface area contributed by atoms with Crippen LogP contribution < -0.4 is 14.8 Å². The predicted molar refractivity (Wildman–Crippen MR) is 159 cm³/mol. The van der Waals surface area contributed by atoms with Crippen molar-refractivity contribution in [2.45, 2.75) is 20.5 Å². The summed E-state index contributed by atoms with van der Waals surface area (Å²) >= 11 is 8.88. The second kappa shape index (κ2) is 12.2. The molecule has 3 amide bonds. The van der Waals surface area contributed by atoms with Crippen LogP contribution in [0, 0.1) is 17.4 Å². The molecule has 0 aliphatic carbocycles. The van der Waals surface area contributed by atoms with E-state index in [1.807, 2.05) is 44.2 Å². The maximum Gasteiger partial charge on any atom is 0.294 e. The molecular weight excluding hydrogens is 639 g/mol. The van der Waals surface area contributed by atoms with Crippen LogP contribution in [0.1, 0.15) is 22.3 Å². The van der Waals surface area contributed by atoms with Crippen LogP contribution in [0.5, 0.6) is 11.5 Å². The number of benzene rings is 3. The lowest BCUT2D eigenvalue weighted by atomic mass is 10.1. The predicted octanol–water partition coefficient (Wildman–Crippen LogP) is 6.82. The Labute approximate surface area is 243 Å². The second-order valence-electron chi connectivity index (χ2n) is 8.51. The molecule has 3 aromatic rings. The van der Waals surface area contributed by atoms with E-state index >= 15 is 0 Å². The van der Waals surface area contributed by atoms with Crippen LogP contribution in [0.4, 0.5) is 10.5 Å². The maximum absolute atomic E-state index is 13.0. The summed E-state index contributed by atoms with van der Waals surface area (Å²) in [7, 11) is 1.53. The number of carbonyl (C=O) groups is 3. The number of aryl methyl sites for hydroxylation is 1. The Bertz CT molecular complexity index is 1440. The SMILES string of the molecule is COc1cc(/C=C2/SC(=O)N(CC(=O)Nc3cccc(C)c3C)C2=O)cc(I)c1OCc1ccc(Cl)cc1. The fourth-order valence-corrected chi connectivity index (χ4v) is 5.45. The Balaban J connectivity index is 1.47. The van der Waals surface area contributed by atoms with Crippen LogP contribution in [-0.4, -0.2) is 35.6 Å². The molecule has 0 unspecified atom stereocenters. The summed E-state index contributed by atoms with van der Waals surface area (Å²) in [6, 6.07) is 16.5. The number of halogens is 2. The van der Waals surface area contributed by atoms with Gasteiger partial charge in [-0.1, -0.05) is 35.9 Å². The number of thioether (sulfide) groups is 1. The maximum atomic E-state index is 13.0. The Hall–Kier alpha value is -3.02. The quantitative estimate of drug-likeness (QED) is 0.211. The van der Waals surface area contributed by atoms with Gasteiger partial charge in [-0.2, -0.15) is 0 Å². The number of rotatable bonds is 8. The van der Waals surface area contributed by atoms with Gasteiger partial charge in [0, 0.05) is 10.7 Å². The summed E-state index contributed by atoms with van der Waals surface area (Å²) in [5, 5.41) is 2.94. The Morgan fingerprint density at radius 3 is 2.58 bits per heavy atom. The van der Waals surface area contributed by atoms with Crippen molar-refractivity contribution >= 4 is 74.8 Å². The summed E-state index contributed by atoms with van der Waals surface area (Å²) in [6.07, 6.45) is 1.61. The highest BCUT2D eigenvalue weighted by molar-refractivity contribution is 14.1. The van der Waals surface area contributed by atoms with Gasteiger partial charge in [0.15, 0.2) is 11.5 Å². The lowest BCUT2D eigenvalue weighted by Crippen LogP contribution is -2.36. The molecule has 1 saturated heterocycles. The highest BCUT2D eigenvalue weighted by atomic mass is 127. The summed E-state index contributed by atoms with van der Waals surface area (Å²) in [6.45, 7) is 3.80. The van der Waals surface area contributed by atoms with Gasteiger partial charge in [-0.05, 0) is 107 Å². The van der Waals surface area contributed by atoms with Crippen molar-refractivity contribution in [2.75, 3.05) is 19.0 Å². The molecule has 38 heavy (non-hydrogen) atoms. The molecule has 0 spiro atoms. The summed E-state index contributed by atoms with van der Waals surface area (Å²) in [4.78, 5) is 39.3. The first-order valence-corrected chi connectivity index (χ1v) is 13.8. The van der Waals surface area contributed by atoms with E-state index in [0.717, 1.165) is 36.9 Å². The van der Waals surface area contributed by atoms with Crippen LogP contribution in [-0.2, 0) is 16.2 Å². The van der Waals surface area contributed by atoms with Crippen molar-refractivity contribution in [2.24, 2.45) is 0 Å². The smallest absolute Gasteiger partial charge is 0.294 e.